The number of benzene rings is 3. The van der Waals surface area contributed by atoms with Gasteiger partial charge in [0.25, 0.3) is 5.91 Å². The first-order chi connectivity index (χ1) is 14.8. The van der Waals surface area contributed by atoms with E-state index < -0.39 is 0 Å². The molecule has 0 radical (unpaired) electrons. The summed E-state index contributed by atoms with van der Waals surface area (Å²) in [5.74, 6) is 1.76. The van der Waals surface area contributed by atoms with Crippen LogP contribution in [0.4, 0.5) is 0 Å². The van der Waals surface area contributed by atoms with Crippen LogP contribution in [0.25, 0.3) is 11.0 Å². The molecule has 0 saturated carbocycles. The number of carbonyl (C=O) groups excluding carboxylic acids is 1. The van der Waals surface area contributed by atoms with E-state index in [4.69, 9.17) is 9.72 Å². The number of imidazole rings is 1. The van der Waals surface area contributed by atoms with E-state index in [0.717, 1.165) is 47.6 Å². The van der Waals surface area contributed by atoms with Crippen LogP contribution in [-0.4, -0.2) is 27.3 Å². The van der Waals surface area contributed by atoms with Crippen LogP contribution in [0.1, 0.15) is 40.6 Å². The average Bonchev–Trinajstić information content (AvgIpc) is 3.45. The van der Waals surface area contributed by atoms with E-state index in [1.165, 1.54) is 0 Å². The van der Waals surface area contributed by atoms with E-state index in [0.29, 0.717) is 12.2 Å². The first kappa shape index (κ1) is 18.4. The summed E-state index contributed by atoms with van der Waals surface area (Å²) in [5, 5.41) is 0. The zero-order valence-corrected chi connectivity index (χ0v) is 16.6. The number of hydrogen-bond donors (Lipinski definition) is 1. The largest absolute Gasteiger partial charge is 0.489 e. The standard InChI is InChI=1S/C25H23N3O2/c29-25(19-14-12-18(13-15-19)17-30-20-7-2-1-3-8-20)28-16-6-11-23(28)24-26-21-9-4-5-10-22(21)27-24/h1-5,7-10,12-15,23H,6,11,16-17H2,(H,26,27). The van der Waals surface area contributed by atoms with Crippen molar-refractivity contribution in [3.05, 3.63) is 95.8 Å². The highest BCUT2D eigenvalue weighted by Gasteiger charge is 2.32. The Labute approximate surface area is 175 Å². The molecule has 1 unspecified atom stereocenters. The van der Waals surface area contributed by atoms with Crippen molar-refractivity contribution in [3.8, 4) is 5.75 Å². The zero-order valence-electron chi connectivity index (χ0n) is 16.6. The van der Waals surface area contributed by atoms with Gasteiger partial charge in [-0.25, -0.2) is 4.98 Å². The topological polar surface area (TPSA) is 58.2 Å². The molecule has 1 fully saturated rings. The Balaban J connectivity index is 1.29. The molecule has 0 aliphatic carbocycles. The molecule has 0 bridgehead atoms. The molecule has 2 heterocycles. The van der Waals surface area contributed by atoms with Gasteiger partial charge in [0.05, 0.1) is 17.1 Å². The molecule has 5 heteroatoms. The van der Waals surface area contributed by atoms with Crippen molar-refractivity contribution in [1.29, 1.82) is 0 Å². The van der Waals surface area contributed by atoms with Crippen molar-refractivity contribution in [1.82, 2.24) is 14.9 Å². The number of fused-ring (bicyclic) bond motifs is 1. The molecular weight excluding hydrogens is 374 g/mol. The van der Waals surface area contributed by atoms with Gasteiger partial charge >= 0.3 is 0 Å². The number of nitrogens with zero attached hydrogens (tertiary/aromatic N) is 2. The lowest BCUT2D eigenvalue weighted by atomic mass is 10.1. The van der Waals surface area contributed by atoms with Gasteiger partial charge in [-0.3, -0.25) is 4.79 Å². The van der Waals surface area contributed by atoms with Gasteiger partial charge in [0.15, 0.2) is 0 Å². The molecule has 1 atom stereocenters. The number of hydrogen-bond acceptors (Lipinski definition) is 3. The molecule has 0 spiro atoms. The molecule has 1 amide bonds. The van der Waals surface area contributed by atoms with Crippen molar-refractivity contribution < 1.29 is 9.53 Å². The number of aromatic amines is 1. The molecule has 4 aromatic rings. The fourth-order valence-electron chi connectivity index (χ4n) is 4.02. The van der Waals surface area contributed by atoms with E-state index in [2.05, 4.69) is 4.98 Å². The van der Waals surface area contributed by atoms with Crippen LogP contribution in [0.3, 0.4) is 0 Å². The maximum absolute atomic E-state index is 13.2. The lowest BCUT2D eigenvalue weighted by molar-refractivity contribution is 0.0730. The van der Waals surface area contributed by atoms with Gasteiger partial charge in [-0.1, -0.05) is 42.5 Å². The minimum Gasteiger partial charge on any atom is -0.489 e. The second kappa shape index (κ2) is 8.03. The van der Waals surface area contributed by atoms with Gasteiger partial charge in [0.1, 0.15) is 18.2 Å². The number of nitrogens with one attached hydrogen (secondary N) is 1. The number of amides is 1. The SMILES string of the molecule is O=C(c1ccc(COc2ccccc2)cc1)N1CCCC1c1nc2ccccc2[nH]1. The summed E-state index contributed by atoms with van der Waals surface area (Å²) < 4.78 is 5.79. The van der Waals surface area contributed by atoms with Gasteiger partial charge in [-0.2, -0.15) is 0 Å². The maximum atomic E-state index is 13.2. The first-order valence-electron chi connectivity index (χ1n) is 10.3. The number of H-pyrrole nitrogens is 1. The number of carbonyl (C=O) groups is 1. The summed E-state index contributed by atoms with van der Waals surface area (Å²) in [7, 11) is 0. The molecule has 3 aromatic carbocycles. The Kier molecular flexibility index (Phi) is 4.93. The number of ether oxygens (including phenoxy) is 1. The first-order valence-corrected chi connectivity index (χ1v) is 10.3. The molecule has 5 nitrogen and oxygen atoms in total. The van der Waals surface area contributed by atoms with Crippen molar-refractivity contribution in [3.63, 3.8) is 0 Å². The van der Waals surface area contributed by atoms with Gasteiger partial charge < -0.3 is 14.6 Å². The van der Waals surface area contributed by atoms with Crippen LogP contribution in [0.2, 0.25) is 0 Å². The van der Waals surface area contributed by atoms with Crippen LogP contribution < -0.4 is 4.74 Å². The maximum Gasteiger partial charge on any atom is 0.254 e. The lowest BCUT2D eigenvalue weighted by Crippen LogP contribution is -2.31. The Morgan fingerprint density at radius 1 is 1.00 bits per heavy atom. The third-order valence-corrected chi connectivity index (χ3v) is 5.59. The third kappa shape index (κ3) is 3.66. The average molecular weight is 397 g/mol. The van der Waals surface area contributed by atoms with Crippen molar-refractivity contribution in [2.75, 3.05) is 6.54 Å². The molecule has 1 aliphatic heterocycles. The normalized spacial score (nSPS) is 16.1. The highest BCUT2D eigenvalue weighted by atomic mass is 16.5. The molecule has 1 aliphatic rings. The highest BCUT2D eigenvalue weighted by Crippen LogP contribution is 2.32. The Bertz CT molecular complexity index is 1120. The molecule has 1 N–H and O–H groups in total. The summed E-state index contributed by atoms with van der Waals surface area (Å²) in [6, 6.07) is 25.4. The van der Waals surface area contributed by atoms with Crippen molar-refractivity contribution in [2.45, 2.75) is 25.5 Å². The fraction of sp³-hybridized carbons (Fsp3) is 0.200. The molecule has 1 saturated heterocycles. The van der Waals surface area contributed by atoms with E-state index in [1.54, 1.807) is 0 Å². The Hall–Kier alpha value is -3.60. The zero-order chi connectivity index (χ0) is 20.3. The summed E-state index contributed by atoms with van der Waals surface area (Å²) in [6.07, 6.45) is 1.91. The Morgan fingerprint density at radius 3 is 2.57 bits per heavy atom. The van der Waals surface area contributed by atoms with E-state index >= 15 is 0 Å². The minimum atomic E-state index is -0.00834. The molecule has 150 valence electrons. The van der Waals surface area contributed by atoms with E-state index in [-0.39, 0.29) is 11.9 Å². The van der Waals surface area contributed by atoms with Gasteiger partial charge in [0, 0.05) is 12.1 Å². The molecule has 30 heavy (non-hydrogen) atoms. The second-order valence-corrected chi connectivity index (χ2v) is 7.59. The minimum absolute atomic E-state index is 0.00834. The number of para-hydroxylation sites is 3. The summed E-state index contributed by atoms with van der Waals surface area (Å²) in [6.45, 7) is 1.23. The van der Waals surface area contributed by atoms with Crippen LogP contribution >= 0.6 is 0 Å². The highest BCUT2D eigenvalue weighted by molar-refractivity contribution is 5.94. The summed E-state index contributed by atoms with van der Waals surface area (Å²) in [4.78, 5) is 23.2. The number of aromatic nitrogens is 2. The number of rotatable bonds is 5. The van der Waals surface area contributed by atoms with Crippen molar-refractivity contribution in [2.24, 2.45) is 0 Å². The van der Waals surface area contributed by atoms with E-state index in [9.17, 15) is 4.79 Å². The second-order valence-electron chi connectivity index (χ2n) is 7.59. The molecule has 1 aromatic heterocycles. The summed E-state index contributed by atoms with van der Waals surface area (Å²) >= 11 is 0. The molecular formula is C25H23N3O2. The van der Waals surface area contributed by atoms with Crippen LogP contribution in [0, 0.1) is 0 Å². The summed E-state index contributed by atoms with van der Waals surface area (Å²) in [5.41, 5.74) is 3.68. The van der Waals surface area contributed by atoms with Crippen LogP contribution in [-0.2, 0) is 6.61 Å². The van der Waals surface area contributed by atoms with Gasteiger partial charge in [0.2, 0.25) is 0 Å². The van der Waals surface area contributed by atoms with Gasteiger partial charge in [-0.05, 0) is 54.8 Å². The third-order valence-electron chi connectivity index (χ3n) is 5.59. The van der Waals surface area contributed by atoms with Crippen molar-refractivity contribution >= 4 is 16.9 Å². The quantitative estimate of drug-likeness (QED) is 0.509. The smallest absolute Gasteiger partial charge is 0.254 e. The van der Waals surface area contributed by atoms with Crippen LogP contribution in [0.15, 0.2) is 78.9 Å². The predicted molar refractivity (Wildman–Crippen MR) is 116 cm³/mol. The lowest BCUT2D eigenvalue weighted by Gasteiger charge is -2.23. The fourth-order valence-corrected chi connectivity index (χ4v) is 4.02. The Morgan fingerprint density at radius 2 is 1.77 bits per heavy atom. The predicted octanol–water partition coefficient (Wildman–Crippen LogP) is 5.12. The van der Waals surface area contributed by atoms with Gasteiger partial charge in [-0.15, -0.1) is 0 Å². The molecule has 5 rings (SSSR count). The number of likely N-dealkylation sites (tertiary alicyclic amines) is 1. The van der Waals surface area contributed by atoms with E-state index in [1.807, 2.05) is 83.8 Å². The van der Waals surface area contributed by atoms with Crippen LogP contribution in [0.5, 0.6) is 5.75 Å². The monoisotopic (exact) mass is 397 g/mol.